The number of terminal acetylenes is 1. The molecular weight excluding hydrogens is 312 g/mol. The fourth-order valence-electron chi connectivity index (χ4n) is 1.94. The van der Waals surface area contributed by atoms with Gasteiger partial charge in [-0.1, -0.05) is 25.0 Å². The van der Waals surface area contributed by atoms with Crippen LogP contribution < -0.4 is 4.74 Å². The van der Waals surface area contributed by atoms with Gasteiger partial charge in [0.05, 0.1) is 19.8 Å². The minimum atomic E-state index is 0.220. The number of hydrogen-bond acceptors (Lipinski definition) is 5. The van der Waals surface area contributed by atoms with E-state index in [4.69, 9.17) is 20.6 Å². The van der Waals surface area contributed by atoms with Crippen LogP contribution in [-0.2, 0) is 14.3 Å². The van der Waals surface area contributed by atoms with Crippen molar-refractivity contribution < 1.29 is 19.0 Å². The zero-order chi connectivity index (χ0) is 16.8. The topological polar surface area (TPSA) is 44.8 Å². The number of rotatable bonds is 13. The van der Waals surface area contributed by atoms with E-state index in [9.17, 15) is 4.79 Å². The Morgan fingerprint density at radius 2 is 1.87 bits per heavy atom. The molecule has 5 heteroatoms. The van der Waals surface area contributed by atoms with Gasteiger partial charge in [-0.2, -0.15) is 11.8 Å². The zero-order valence-electron chi connectivity index (χ0n) is 13.5. The van der Waals surface area contributed by atoms with Crippen LogP contribution in [0.2, 0.25) is 0 Å². The molecule has 23 heavy (non-hydrogen) atoms. The number of benzene rings is 1. The normalized spacial score (nSPS) is 11.7. The van der Waals surface area contributed by atoms with Crippen LogP contribution in [0, 0.1) is 12.3 Å². The third-order valence-electron chi connectivity index (χ3n) is 2.98. The maximum Gasteiger partial charge on any atom is 0.121 e. The minimum Gasteiger partial charge on any atom is -0.491 e. The third-order valence-corrected chi connectivity index (χ3v) is 4.18. The van der Waals surface area contributed by atoms with Crippen LogP contribution in [-0.4, -0.2) is 45.1 Å². The lowest BCUT2D eigenvalue weighted by Crippen LogP contribution is -2.11. The summed E-state index contributed by atoms with van der Waals surface area (Å²) in [6.45, 7) is 4.39. The molecule has 1 unspecified atom stereocenters. The molecular formula is C18H24O4S. The number of carbonyl (C=O) groups excluding carboxylic acids is 1. The molecule has 0 heterocycles. The lowest BCUT2D eigenvalue weighted by atomic mass is 10.1. The van der Waals surface area contributed by atoms with E-state index in [1.807, 2.05) is 24.3 Å². The van der Waals surface area contributed by atoms with Gasteiger partial charge in [0.2, 0.25) is 0 Å². The predicted molar refractivity (Wildman–Crippen MR) is 94.0 cm³/mol. The van der Waals surface area contributed by atoms with Gasteiger partial charge in [-0.25, -0.2) is 0 Å². The van der Waals surface area contributed by atoms with Crippen LogP contribution in [0.15, 0.2) is 24.3 Å². The van der Waals surface area contributed by atoms with E-state index in [2.05, 4.69) is 12.8 Å². The molecule has 0 amide bonds. The molecule has 0 aliphatic heterocycles. The van der Waals surface area contributed by atoms with Gasteiger partial charge >= 0.3 is 0 Å². The molecule has 0 saturated heterocycles. The molecule has 1 rings (SSSR count). The number of aldehydes is 1. The van der Waals surface area contributed by atoms with Crippen molar-refractivity contribution in [2.24, 2.45) is 0 Å². The number of carbonyl (C=O) groups is 1. The summed E-state index contributed by atoms with van der Waals surface area (Å²) in [5.74, 6) is 4.18. The third kappa shape index (κ3) is 8.65. The first-order valence-corrected chi connectivity index (χ1v) is 8.73. The van der Waals surface area contributed by atoms with Gasteiger partial charge in [0, 0.05) is 11.7 Å². The summed E-state index contributed by atoms with van der Waals surface area (Å²) in [6, 6.07) is 7.89. The molecule has 0 aromatic heterocycles. The van der Waals surface area contributed by atoms with E-state index in [1.54, 1.807) is 11.8 Å². The van der Waals surface area contributed by atoms with Gasteiger partial charge in [0.25, 0.3) is 0 Å². The average Bonchev–Trinajstić information content (AvgIpc) is 2.58. The Morgan fingerprint density at radius 3 is 2.52 bits per heavy atom. The second kappa shape index (κ2) is 13.0. The van der Waals surface area contributed by atoms with Crippen molar-refractivity contribution >= 4 is 18.0 Å². The first-order valence-electron chi connectivity index (χ1n) is 7.68. The van der Waals surface area contributed by atoms with E-state index >= 15 is 0 Å². The van der Waals surface area contributed by atoms with Gasteiger partial charge in [-0.3, -0.25) is 0 Å². The molecule has 0 bridgehead atoms. The molecule has 126 valence electrons. The van der Waals surface area contributed by atoms with Crippen LogP contribution in [0.25, 0.3) is 0 Å². The largest absolute Gasteiger partial charge is 0.491 e. The van der Waals surface area contributed by atoms with Crippen molar-refractivity contribution in [1.29, 1.82) is 0 Å². The fourth-order valence-corrected chi connectivity index (χ4v) is 2.90. The summed E-state index contributed by atoms with van der Waals surface area (Å²) in [5, 5.41) is 0.220. The molecule has 0 saturated carbocycles. The monoisotopic (exact) mass is 336 g/mol. The van der Waals surface area contributed by atoms with Gasteiger partial charge in [0.15, 0.2) is 0 Å². The zero-order valence-corrected chi connectivity index (χ0v) is 14.3. The Labute approximate surface area is 142 Å². The van der Waals surface area contributed by atoms with Crippen LogP contribution in [0.4, 0.5) is 0 Å². The van der Waals surface area contributed by atoms with E-state index in [-0.39, 0.29) is 5.25 Å². The summed E-state index contributed by atoms with van der Waals surface area (Å²) in [6.07, 6.45) is 6.57. The van der Waals surface area contributed by atoms with Crippen molar-refractivity contribution in [1.82, 2.24) is 0 Å². The molecule has 1 aromatic carbocycles. The van der Waals surface area contributed by atoms with E-state index in [0.29, 0.717) is 39.5 Å². The highest BCUT2D eigenvalue weighted by molar-refractivity contribution is 7.99. The van der Waals surface area contributed by atoms with Crippen LogP contribution in [0.1, 0.15) is 24.2 Å². The maximum atomic E-state index is 10.7. The average molecular weight is 336 g/mol. The van der Waals surface area contributed by atoms with Crippen molar-refractivity contribution in [3.05, 3.63) is 29.8 Å². The first kappa shape index (κ1) is 19.6. The lowest BCUT2D eigenvalue weighted by Gasteiger charge is -2.14. The van der Waals surface area contributed by atoms with Crippen molar-refractivity contribution in [2.45, 2.75) is 18.6 Å². The Balaban J connectivity index is 2.25. The second-order valence-corrected chi connectivity index (χ2v) is 6.11. The molecule has 0 aliphatic rings. The Bertz CT molecular complexity index is 467. The van der Waals surface area contributed by atoms with Crippen molar-refractivity contribution in [3.63, 3.8) is 0 Å². The number of hydrogen-bond donors (Lipinski definition) is 0. The summed E-state index contributed by atoms with van der Waals surface area (Å²) in [7, 11) is 0. The molecule has 0 radical (unpaired) electrons. The molecule has 0 spiro atoms. The summed E-state index contributed by atoms with van der Waals surface area (Å²) in [4.78, 5) is 10.7. The van der Waals surface area contributed by atoms with E-state index < -0.39 is 0 Å². The number of ether oxygens (including phenoxy) is 3. The Morgan fingerprint density at radius 1 is 1.17 bits per heavy atom. The van der Waals surface area contributed by atoms with Crippen LogP contribution in [0.5, 0.6) is 5.75 Å². The molecule has 4 nitrogen and oxygen atoms in total. The summed E-state index contributed by atoms with van der Waals surface area (Å²) >= 11 is 1.78. The Hall–Kier alpha value is -1.48. The van der Waals surface area contributed by atoms with Gasteiger partial charge in [0.1, 0.15) is 25.2 Å². The number of thioether (sulfide) groups is 1. The summed E-state index contributed by atoms with van der Waals surface area (Å²) in [5.41, 5.74) is 1.15. The molecule has 0 aliphatic carbocycles. The van der Waals surface area contributed by atoms with Crippen molar-refractivity contribution in [2.75, 3.05) is 38.8 Å². The van der Waals surface area contributed by atoms with E-state index in [1.165, 1.54) is 0 Å². The summed E-state index contributed by atoms with van der Waals surface area (Å²) < 4.78 is 16.1. The standard InChI is InChI=1S/C18H24O4S/c1-3-11-20-12-13-21-14-15-22-17-7-5-16(6-8-17)18(9-10-19)23-4-2/h1,5-8,10,18H,4,9,11-15H2,2H3. The van der Waals surface area contributed by atoms with Crippen molar-refractivity contribution in [3.8, 4) is 18.1 Å². The second-order valence-electron chi connectivity index (χ2n) is 4.63. The highest BCUT2D eigenvalue weighted by Crippen LogP contribution is 2.31. The Kier molecular flexibility index (Phi) is 11.1. The quantitative estimate of drug-likeness (QED) is 0.315. The van der Waals surface area contributed by atoms with Gasteiger partial charge < -0.3 is 19.0 Å². The van der Waals surface area contributed by atoms with Crippen LogP contribution >= 0.6 is 11.8 Å². The van der Waals surface area contributed by atoms with Crippen LogP contribution in [0.3, 0.4) is 0 Å². The smallest absolute Gasteiger partial charge is 0.121 e. The maximum absolute atomic E-state index is 10.7. The minimum absolute atomic E-state index is 0.220. The highest BCUT2D eigenvalue weighted by atomic mass is 32.2. The SMILES string of the molecule is C#CCOCCOCCOc1ccc(C(CC=O)SCC)cc1. The first-order chi connectivity index (χ1) is 11.3. The molecule has 1 aromatic rings. The van der Waals surface area contributed by atoms with Gasteiger partial charge in [-0.15, -0.1) is 6.42 Å². The fraction of sp³-hybridized carbons (Fsp3) is 0.500. The van der Waals surface area contributed by atoms with E-state index in [0.717, 1.165) is 23.4 Å². The molecule has 0 fully saturated rings. The highest BCUT2D eigenvalue weighted by Gasteiger charge is 2.10. The molecule has 0 N–H and O–H groups in total. The van der Waals surface area contributed by atoms with Gasteiger partial charge in [-0.05, 0) is 23.4 Å². The predicted octanol–water partition coefficient (Wildman–Crippen LogP) is 3.12. The lowest BCUT2D eigenvalue weighted by molar-refractivity contribution is -0.107. The molecule has 1 atom stereocenters.